The number of para-hydroxylation sites is 2. The summed E-state index contributed by atoms with van der Waals surface area (Å²) in [5, 5.41) is 5.26. The van der Waals surface area contributed by atoms with Gasteiger partial charge in [-0.1, -0.05) is 18.2 Å². The second-order valence-corrected chi connectivity index (χ2v) is 6.27. The molecule has 0 saturated carbocycles. The third kappa shape index (κ3) is 4.22. The van der Waals surface area contributed by atoms with Crippen LogP contribution in [-0.2, 0) is 23.2 Å². The summed E-state index contributed by atoms with van der Waals surface area (Å²) in [6, 6.07) is 14.3. The van der Waals surface area contributed by atoms with Crippen molar-refractivity contribution in [2.24, 2.45) is 7.05 Å². The molecule has 0 saturated heterocycles. The van der Waals surface area contributed by atoms with Gasteiger partial charge in [0, 0.05) is 38.8 Å². The van der Waals surface area contributed by atoms with Crippen LogP contribution in [0.4, 0.5) is 5.69 Å². The molecule has 3 aromatic rings. The van der Waals surface area contributed by atoms with Crippen molar-refractivity contribution >= 4 is 28.5 Å². The third-order valence-corrected chi connectivity index (χ3v) is 4.38. The molecule has 3 rings (SSSR count). The number of hydrogen-bond donors (Lipinski definition) is 2. The number of nitrogens with zero attached hydrogens (tertiary/aromatic N) is 2. The second-order valence-electron chi connectivity index (χ2n) is 6.27. The fraction of sp³-hybridized carbons (Fsp3) is 0.250. The van der Waals surface area contributed by atoms with Gasteiger partial charge in [0.25, 0.3) is 5.91 Å². The Morgan fingerprint density at radius 3 is 2.54 bits per heavy atom. The lowest BCUT2D eigenvalue weighted by Crippen LogP contribution is -2.25. The minimum absolute atomic E-state index is 0.0993. The normalized spacial score (nSPS) is 10.6. The molecule has 0 aliphatic rings. The van der Waals surface area contributed by atoms with E-state index in [2.05, 4.69) is 10.6 Å². The van der Waals surface area contributed by atoms with Crippen LogP contribution in [-0.4, -0.2) is 34.6 Å². The first-order valence-electron chi connectivity index (χ1n) is 8.87. The Labute approximate surface area is 161 Å². The van der Waals surface area contributed by atoms with E-state index >= 15 is 0 Å². The molecule has 2 N–H and O–H groups in total. The Kier molecular flexibility index (Phi) is 5.78. The van der Waals surface area contributed by atoms with Crippen LogP contribution in [0.25, 0.3) is 11.0 Å². The topological polar surface area (TPSA) is 94.4 Å². The van der Waals surface area contributed by atoms with Crippen molar-refractivity contribution < 1.29 is 14.3 Å². The van der Waals surface area contributed by atoms with Gasteiger partial charge in [-0.25, -0.2) is 4.79 Å². The third-order valence-electron chi connectivity index (χ3n) is 4.38. The zero-order valence-corrected chi connectivity index (χ0v) is 15.8. The Bertz CT molecular complexity index is 1070. The number of nitrogens with one attached hydrogen (secondary N) is 2. The summed E-state index contributed by atoms with van der Waals surface area (Å²) in [4.78, 5) is 36.0. The average molecular weight is 382 g/mol. The van der Waals surface area contributed by atoms with Gasteiger partial charge in [-0.2, -0.15) is 0 Å². The number of aryl methyl sites for hydroxylation is 2. The van der Waals surface area contributed by atoms with Gasteiger partial charge in [0.15, 0.2) is 6.61 Å². The molecular formula is C20H22N4O4. The maximum atomic E-state index is 12.4. The molecule has 28 heavy (non-hydrogen) atoms. The number of ether oxygens (including phenoxy) is 1. The lowest BCUT2D eigenvalue weighted by atomic mass is 10.2. The smallest absolute Gasteiger partial charge is 0.328 e. The van der Waals surface area contributed by atoms with Crippen LogP contribution in [0.15, 0.2) is 53.3 Å². The van der Waals surface area contributed by atoms with Gasteiger partial charge < -0.3 is 15.4 Å². The van der Waals surface area contributed by atoms with E-state index in [-0.39, 0.29) is 37.1 Å². The van der Waals surface area contributed by atoms with Gasteiger partial charge in [-0.05, 0) is 24.3 Å². The summed E-state index contributed by atoms with van der Waals surface area (Å²) in [5.41, 5.74) is 2.03. The summed E-state index contributed by atoms with van der Waals surface area (Å²) < 4.78 is 8.53. The van der Waals surface area contributed by atoms with Crippen LogP contribution in [0.1, 0.15) is 6.42 Å². The minimum Gasteiger partial charge on any atom is -0.484 e. The number of carbonyl (C=O) groups is 2. The molecule has 8 heteroatoms. The van der Waals surface area contributed by atoms with E-state index in [1.165, 1.54) is 7.05 Å². The molecule has 2 amide bonds. The van der Waals surface area contributed by atoms with Crippen molar-refractivity contribution in [2.45, 2.75) is 13.0 Å². The zero-order valence-electron chi connectivity index (χ0n) is 15.8. The standard InChI is InChI=1S/C20H22N4O4/c1-21-19(26)13-28-15-7-5-6-14(12-15)22-18(25)10-11-24-17-9-4-3-8-16(17)23(2)20(24)27/h3-9,12H,10-11,13H2,1-2H3,(H,21,26)(H,22,25). The van der Waals surface area contributed by atoms with Crippen molar-refractivity contribution in [3.63, 3.8) is 0 Å². The number of fused-ring (bicyclic) bond motifs is 1. The van der Waals surface area contributed by atoms with Gasteiger partial charge >= 0.3 is 5.69 Å². The predicted molar refractivity (Wildman–Crippen MR) is 106 cm³/mol. The molecule has 1 heterocycles. The molecule has 1 aromatic heterocycles. The molecule has 0 aliphatic heterocycles. The van der Waals surface area contributed by atoms with Crippen LogP contribution in [0.3, 0.4) is 0 Å². The first kappa shape index (κ1) is 19.2. The Hall–Kier alpha value is -3.55. The van der Waals surface area contributed by atoms with E-state index < -0.39 is 0 Å². The van der Waals surface area contributed by atoms with Gasteiger partial charge in [0.1, 0.15) is 5.75 Å². The van der Waals surface area contributed by atoms with Crippen LogP contribution < -0.4 is 21.1 Å². The van der Waals surface area contributed by atoms with E-state index in [0.29, 0.717) is 11.4 Å². The zero-order chi connectivity index (χ0) is 20.1. The summed E-state index contributed by atoms with van der Waals surface area (Å²) >= 11 is 0. The molecule has 0 radical (unpaired) electrons. The Balaban J connectivity index is 1.63. The highest BCUT2D eigenvalue weighted by Crippen LogP contribution is 2.18. The molecule has 2 aromatic carbocycles. The number of anilines is 1. The maximum Gasteiger partial charge on any atom is 0.328 e. The number of rotatable bonds is 7. The van der Waals surface area contributed by atoms with Crippen LogP contribution in [0, 0.1) is 0 Å². The van der Waals surface area contributed by atoms with Gasteiger partial charge in [-0.15, -0.1) is 0 Å². The summed E-state index contributed by atoms with van der Waals surface area (Å²) in [6.45, 7) is 0.177. The van der Waals surface area contributed by atoms with Crippen molar-refractivity contribution in [3.05, 3.63) is 59.0 Å². The highest BCUT2D eigenvalue weighted by Gasteiger charge is 2.12. The number of hydrogen-bond acceptors (Lipinski definition) is 4. The first-order valence-corrected chi connectivity index (χ1v) is 8.87. The fourth-order valence-electron chi connectivity index (χ4n) is 2.90. The van der Waals surface area contributed by atoms with Crippen LogP contribution in [0.2, 0.25) is 0 Å². The molecule has 0 atom stereocenters. The number of carbonyl (C=O) groups excluding carboxylic acids is 2. The number of likely N-dealkylation sites (N-methyl/N-ethyl adjacent to an activating group) is 1. The number of imidazole rings is 1. The number of amides is 2. The molecule has 0 fully saturated rings. The van der Waals surface area contributed by atoms with Gasteiger partial charge in [0.2, 0.25) is 5.91 Å². The average Bonchev–Trinajstić information content (AvgIpc) is 2.95. The molecule has 0 aliphatic carbocycles. The lowest BCUT2D eigenvalue weighted by Gasteiger charge is -2.09. The first-order chi connectivity index (χ1) is 13.5. The summed E-state index contributed by atoms with van der Waals surface area (Å²) in [5.74, 6) is 0.0185. The predicted octanol–water partition coefficient (Wildman–Crippen LogP) is 1.49. The minimum atomic E-state index is -0.241. The molecule has 8 nitrogen and oxygen atoms in total. The summed E-state index contributed by atoms with van der Waals surface area (Å²) in [6.07, 6.45) is 0.150. The van der Waals surface area contributed by atoms with Crippen molar-refractivity contribution in [2.75, 3.05) is 19.0 Å². The monoisotopic (exact) mass is 382 g/mol. The van der Waals surface area contributed by atoms with E-state index in [9.17, 15) is 14.4 Å². The molecular weight excluding hydrogens is 360 g/mol. The van der Waals surface area contributed by atoms with E-state index in [1.54, 1.807) is 40.4 Å². The summed E-state index contributed by atoms with van der Waals surface area (Å²) in [7, 11) is 3.25. The maximum absolute atomic E-state index is 12.4. The van der Waals surface area contributed by atoms with Crippen LogP contribution >= 0.6 is 0 Å². The molecule has 0 spiro atoms. The largest absolute Gasteiger partial charge is 0.484 e. The van der Waals surface area contributed by atoms with E-state index in [1.807, 2.05) is 24.3 Å². The number of benzene rings is 2. The highest BCUT2D eigenvalue weighted by molar-refractivity contribution is 5.91. The van der Waals surface area contributed by atoms with Crippen molar-refractivity contribution in [1.82, 2.24) is 14.5 Å². The van der Waals surface area contributed by atoms with Gasteiger partial charge in [0.05, 0.1) is 11.0 Å². The van der Waals surface area contributed by atoms with Gasteiger partial charge in [-0.3, -0.25) is 18.7 Å². The van der Waals surface area contributed by atoms with Crippen molar-refractivity contribution in [1.29, 1.82) is 0 Å². The van der Waals surface area contributed by atoms with Crippen LogP contribution in [0.5, 0.6) is 5.75 Å². The molecule has 0 unspecified atom stereocenters. The Morgan fingerprint density at radius 1 is 1.04 bits per heavy atom. The van der Waals surface area contributed by atoms with Crippen molar-refractivity contribution in [3.8, 4) is 5.75 Å². The highest BCUT2D eigenvalue weighted by atomic mass is 16.5. The molecule has 146 valence electrons. The SMILES string of the molecule is CNC(=O)COc1cccc(NC(=O)CCn2c(=O)n(C)c3ccccc32)c1. The second kappa shape index (κ2) is 8.43. The lowest BCUT2D eigenvalue weighted by molar-refractivity contribution is -0.122. The van der Waals surface area contributed by atoms with E-state index in [0.717, 1.165) is 11.0 Å². The molecule has 0 bridgehead atoms. The Morgan fingerprint density at radius 2 is 1.79 bits per heavy atom. The number of aromatic nitrogens is 2. The quantitative estimate of drug-likeness (QED) is 0.647. The fourth-order valence-corrected chi connectivity index (χ4v) is 2.90. The van der Waals surface area contributed by atoms with E-state index in [4.69, 9.17) is 4.74 Å².